The maximum atomic E-state index is 13.0. The molecule has 3 N–H and O–H groups in total. The summed E-state index contributed by atoms with van der Waals surface area (Å²) in [7, 11) is 0. The van der Waals surface area contributed by atoms with Crippen molar-refractivity contribution >= 4 is 5.91 Å². The normalized spacial score (nSPS) is 9.19. The first-order valence-corrected chi connectivity index (χ1v) is 4.84. The van der Waals surface area contributed by atoms with Gasteiger partial charge in [0.25, 0.3) is 0 Å². The minimum Gasteiger partial charge on any atom is -0.344 e. The fourth-order valence-electron chi connectivity index (χ4n) is 1.17. The molecule has 84 valence electrons. The summed E-state index contributed by atoms with van der Waals surface area (Å²) in [4.78, 5) is 10.8. The molecule has 0 radical (unpaired) electrons. The molecule has 0 unspecified atom stereocenters. The molecule has 0 bridgehead atoms. The number of benzene rings is 1. The predicted molar refractivity (Wildman–Crippen MR) is 60.1 cm³/mol. The van der Waals surface area contributed by atoms with Crippen molar-refractivity contribution in [3.05, 3.63) is 35.1 Å². The number of hydrogen-bond donors (Lipinski definition) is 2. The molecule has 0 aromatic heterocycles. The molecule has 3 nitrogen and oxygen atoms in total. The third-order valence-corrected chi connectivity index (χ3v) is 1.83. The van der Waals surface area contributed by atoms with Gasteiger partial charge in [-0.25, -0.2) is 4.39 Å². The lowest BCUT2D eigenvalue weighted by Crippen LogP contribution is -2.30. The average molecular weight is 220 g/mol. The van der Waals surface area contributed by atoms with Gasteiger partial charge >= 0.3 is 0 Å². The van der Waals surface area contributed by atoms with Gasteiger partial charge < -0.3 is 11.1 Å². The van der Waals surface area contributed by atoms with E-state index in [2.05, 4.69) is 17.2 Å². The molecule has 4 heteroatoms. The van der Waals surface area contributed by atoms with Crippen molar-refractivity contribution in [3.8, 4) is 11.8 Å². The van der Waals surface area contributed by atoms with E-state index in [9.17, 15) is 9.18 Å². The number of carbonyl (C=O) groups is 1. The van der Waals surface area contributed by atoms with Crippen molar-refractivity contribution in [2.45, 2.75) is 6.92 Å². The molecule has 0 aliphatic carbocycles. The highest BCUT2D eigenvalue weighted by atomic mass is 19.1. The number of nitrogens with two attached hydrogens (primary N) is 1. The Balaban J connectivity index is 2.59. The minimum atomic E-state index is -0.310. The Morgan fingerprint density at radius 1 is 1.50 bits per heavy atom. The lowest BCUT2D eigenvalue weighted by molar-refractivity contribution is -0.119. The molecular weight excluding hydrogens is 207 g/mol. The molecular formula is C12H13FN2O. The first-order chi connectivity index (χ1) is 7.61. The third kappa shape index (κ3) is 4.11. The van der Waals surface area contributed by atoms with E-state index in [4.69, 9.17) is 5.73 Å². The van der Waals surface area contributed by atoms with Crippen molar-refractivity contribution in [1.82, 2.24) is 5.32 Å². The van der Waals surface area contributed by atoms with E-state index in [0.717, 1.165) is 5.56 Å². The van der Waals surface area contributed by atoms with Crippen molar-refractivity contribution in [2.24, 2.45) is 5.73 Å². The number of hydrogen-bond acceptors (Lipinski definition) is 2. The number of aryl methyl sites for hydroxylation is 1. The van der Waals surface area contributed by atoms with E-state index in [-0.39, 0.29) is 24.8 Å². The van der Waals surface area contributed by atoms with Crippen LogP contribution in [-0.2, 0) is 4.79 Å². The zero-order chi connectivity index (χ0) is 12.0. The smallest absolute Gasteiger partial charge is 0.234 e. The molecule has 1 aromatic rings. The topological polar surface area (TPSA) is 55.1 Å². The van der Waals surface area contributed by atoms with Crippen molar-refractivity contribution in [1.29, 1.82) is 0 Å². The van der Waals surface area contributed by atoms with Gasteiger partial charge in [-0.3, -0.25) is 4.79 Å². The lowest BCUT2D eigenvalue weighted by Gasteiger charge is -1.96. The molecule has 1 aromatic carbocycles. The molecule has 16 heavy (non-hydrogen) atoms. The fraction of sp³-hybridized carbons (Fsp3) is 0.250. The quantitative estimate of drug-likeness (QED) is 0.715. The Bertz CT molecular complexity index is 426. The van der Waals surface area contributed by atoms with Gasteiger partial charge in [0.1, 0.15) is 5.82 Å². The fourth-order valence-corrected chi connectivity index (χ4v) is 1.17. The van der Waals surface area contributed by atoms with Crippen molar-refractivity contribution in [3.63, 3.8) is 0 Å². The van der Waals surface area contributed by atoms with Crippen LogP contribution in [-0.4, -0.2) is 19.0 Å². The molecule has 0 atom stereocenters. The second-order valence-corrected chi connectivity index (χ2v) is 3.30. The van der Waals surface area contributed by atoms with E-state index in [1.807, 2.05) is 0 Å². The summed E-state index contributed by atoms with van der Waals surface area (Å²) in [5, 5.41) is 2.50. The van der Waals surface area contributed by atoms with Gasteiger partial charge in [-0.05, 0) is 30.7 Å². The van der Waals surface area contributed by atoms with Crippen LogP contribution >= 0.6 is 0 Å². The van der Waals surface area contributed by atoms with Gasteiger partial charge in [0.2, 0.25) is 5.91 Å². The van der Waals surface area contributed by atoms with Crippen LogP contribution in [0.3, 0.4) is 0 Å². The molecule has 1 rings (SSSR count). The lowest BCUT2D eigenvalue weighted by atomic mass is 10.1. The van der Waals surface area contributed by atoms with E-state index in [1.165, 1.54) is 12.1 Å². The van der Waals surface area contributed by atoms with E-state index in [0.29, 0.717) is 5.56 Å². The van der Waals surface area contributed by atoms with Gasteiger partial charge in [0, 0.05) is 5.56 Å². The second-order valence-electron chi connectivity index (χ2n) is 3.30. The first kappa shape index (κ1) is 12.2. The molecule has 0 saturated heterocycles. The number of halogens is 1. The van der Waals surface area contributed by atoms with E-state index < -0.39 is 0 Å². The Kier molecular flexibility index (Phi) is 4.49. The second kappa shape index (κ2) is 5.89. The number of rotatable bonds is 2. The van der Waals surface area contributed by atoms with Crippen LogP contribution < -0.4 is 11.1 Å². The number of carbonyl (C=O) groups excluding carboxylic acids is 1. The van der Waals surface area contributed by atoms with Gasteiger partial charge in [-0.1, -0.05) is 11.8 Å². The van der Waals surface area contributed by atoms with Crippen LogP contribution in [0.25, 0.3) is 0 Å². The van der Waals surface area contributed by atoms with Crippen molar-refractivity contribution in [2.75, 3.05) is 13.1 Å². The Morgan fingerprint density at radius 2 is 2.25 bits per heavy atom. The molecule has 0 aliphatic heterocycles. The van der Waals surface area contributed by atoms with Crippen LogP contribution in [0.5, 0.6) is 0 Å². The summed E-state index contributed by atoms with van der Waals surface area (Å²) in [6.45, 7) is 1.96. The maximum Gasteiger partial charge on any atom is 0.234 e. The molecule has 0 spiro atoms. The van der Waals surface area contributed by atoms with Crippen molar-refractivity contribution < 1.29 is 9.18 Å². The minimum absolute atomic E-state index is 0.0548. The van der Waals surface area contributed by atoms with Crippen LogP contribution in [0, 0.1) is 24.6 Å². The summed E-state index contributed by atoms with van der Waals surface area (Å²) < 4.78 is 13.0. The highest BCUT2D eigenvalue weighted by Crippen LogP contribution is 2.06. The SMILES string of the molecule is Cc1cc(F)cc(C#CCNC(=O)CN)c1. The molecule has 0 fully saturated rings. The summed E-state index contributed by atoms with van der Waals surface area (Å²) >= 11 is 0. The van der Waals surface area contributed by atoms with Gasteiger partial charge in [0.15, 0.2) is 0 Å². The van der Waals surface area contributed by atoms with Crippen LogP contribution in [0.1, 0.15) is 11.1 Å². The molecule has 1 amide bonds. The standard InChI is InChI=1S/C12H13FN2O/c1-9-5-10(7-11(13)6-9)3-2-4-15-12(16)8-14/h5-7H,4,8,14H2,1H3,(H,15,16). The summed E-state index contributed by atoms with van der Waals surface area (Å²) in [5.74, 6) is 4.91. The summed E-state index contributed by atoms with van der Waals surface area (Å²) in [6, 6.07) is 4.56. The third-order valence-electron chi connectivity index (χ3n) is 1.83. The van der Waals surface area contributed by atoms with Crippen LogP contribution in [0.4, 0.5) is 4.39 Å². The Hall–Kier alpha value is -1.86. The van der Waals surface area contributed by atoms with Gasteiger partial charge in [-0.2, -0.15) is 0 Å². The molecule has 0 heterocycles. The Labute approximate surface area is 93.8 Å². The first-order valence-electron chi connectivity index (χ1n) is 4.84. The average Bonchev–Trinajstić information content (AvgIpc) is 2.22. The van der Waals surface area contributed by atoms with E-state index >= 15 is 0 Å². The predicted octanol–water partition coefficient (Wildman–Crippen LogP) is 0.561. The van der Waals surface area contributed by atoms with E-state index in [1.54, 1.807) is 13.0 Å². The maximum absolute atomic E-state index is 13.0. The van der Waals surface area contributed by atoms with Gasteiger partial charge in [-0.15, -0.1) is 0 Å². The highest BCUT2D eigenvalue weighted by molar-refractivity contribution is 5.77. The summed E-state index contributed by atoms with van der Waals surface area (Å²) in [5.41, 5.74) is 6.51. The number of nitrogens with one attached hydrogen (secondary N) is 1. The summed E-state index contributed by atoms with van der Waals surface area (Å²) in [6.07, 6.45) is 0. The number of amides is 1. The Morgan fingerprint density at radius 3 is 2.88 bits per heavy atom. The monoisotopic (exact) mass is 220 g/mol. The largest absolute Gasteiger partial charge is 0.344 e. The molecule has 0 aliphatic rings. The van der Waals surface area contributed by atoms with Gasteiger partial charge in [0.05, 0.1) is 13.1 Å². The van der Waals surface area contributed by atoms with Crippen LogP contribution in [0.2, 0.25) is 0 Å². The molecule has 0 saturated carbocycles. The highest BCUT2D eigenvalue weighted by Gasteiger charge is 1.95. The zero-order valence-electron chi connectivity index (χ0n) is 9.01. The van der Waals surface area contributed by atoms with Crippen LogP contribution in [0.15, 0.2) is 18.2 Å². The zero-order valence-corrected chi connectivity index (χ0v) is 9.01.